The number of nitrogens with one attached hydrogen (secondary N) is 1. The fourth-order valence-electron chi connectivity index (χ4n) is 1.49. The van der Waals surface area contributed by atoms with Crippen molar-refractivity contribution in [2.45, 2.75) is 0 Å². The average Bonchev–Trinajstić information content (AvgIpc) is 2.47. The molecule has 6 heteroatoms. The van der Waals surface area contributed by atoms with Gasteiger partial charge in [0.2, 0.25) is 0 Å². The van der Waals surface area contributed by atoms with Crippen molar-refractivity contribution in [1.29, 1.82) is 0 Å². The van der Waals surface area contributed by atoms with E-state index in [0.29, 0.717) is 10.8 Å². The Bertz CT molecular complexity index is 662. The van der Waals surface area contributed by atoms with Crippen LogP contribution in [0.3, 0.4) is 0 Å². The second-order valence-electron chi connectivity index (χ2n) is 4.06. The number of benzene rings is 2. The second kappa shape index (κ2) is 7.81. The summed E-state index contributed by atoms with van der Waals surface area (Å²) in [5, 5.41) is 4.40. The van der Waals surface area contributed by atoms with Crippen molar-refractivity contribution in [2.24, 2.45) is 5.10 Å². The molecule has 4 nitrogen and oxygen atoms in total. The maximum absolute atomic E-state index is 11.6. The summed E-state index contributed by atoms with van der Waals surface area (Å²) >= 11 is 9.29. The van der Waals surface area contributed by atoms with E-state index in [1.807, 2.05) is 24.3 Å². The van der Waals surface area contributed by atoms with E-state index in [2.05, 4.69) is 26.5 Å². The number of hydrogen-bond donors (Lipinski definition) is 1. The van der Waals surface area contributed by atoms with Gasteiger partial charge < -0.3 is 4.74 Å². The van der Waals surface area contributed by atoms with Gasteiger partial charge >= 0.3 is 0 Å². The number of nitrogens with zero attached hydrogens (tertiary/aromatic N) is 1. The minimum Gasteiger partial charge on any atom is -0.484 e. The van der Waals surface area contributed by atoms with Crippen molar-refractivity contribution in [3.8, 4) is 5.75 Å². The highest BCUT2D eigenvalue weighted by Crippen LogP contribution is 2.17. The van der Waals surface area contributed by atoms with Gasteiger partial charge in [-0.1, -0.05) is 51.8 Å². The Labute approximate surface area is 135 Å². The molecule has 1 N–H and O–H groups in total. The summed E-state index contributed by atoms with van der Waals surface area (Å²) in [5.74, 6) is 0.257. The maximum atomic E-state index is 11.6. The Morgan fingerprint density at radius 2 is 2.10 bits per heavy atom. The van der Waals surface area contributed by atoms with E-state index < -0.39 is 0 Å². The van der Waals surface area contributed by atoms with Crippen LogP contribution in [0.1, 0.15) is 5.56 Å². The van der Waals surface area contributed by atoms with Crippen molar-refractivity contribution < 1.29 is 9.53 Å². The predicted octanol–water partition coefficient (Wildman–Crippen LogP) is 3.63. The number of carbonyl (C=O) groups excluding carboxylic acids is 1. The highest BCUT2D eigenvalue weighted by Gasteiger charge is 2.02. The smallest absolute Gasteiger partial charge is 0.277 e. The van der Waals surface area contributed by atoms with E-state index in [9.17, 15) is 4.79 Å². The van der Waals surface area contributed by atoms with Crippen LogP contribution in [-0.2, 0) is 4.79 Å². The molecule has 0 spiro atoms. The average molecular weight is 368 g/mol. The van der Waals surface area contributed by atoms with Crippen LogP contribution < -0.4 is 10.2 Å². The maximum Gasteiger partial charge on any atom is 0.277 e. The molecular formula is C15H12BrClN2O2. The van der Waals surface area contributed by atoms with Crippen LogP contribution in [0, 0.1) is 0 Å². The first-order valence-electron chi connectivity index (χ1n) is 6.10. The van der Waals surface area contributed by atoms with Gasteiger partial charge in [0, 0.05) is 15.1 Å². The van der Waals surface area contributed by atoms with Crippen LogP contribution in [0.25, 0.3) is 0 Å². The van der Waals surface area contributed by atoms with Gasteiger partial charge in [0.05, 0.1) is 6.21 Å². The lowest BCUT2D eigenvalue weighted by molar-refractivity contribution is -0.123. The molecule has 0 bridgehead atoms. The molecular weight excluding hydrogens is 356 g/mol. The first-order valence-corrected chi connectivity index (χ1v) is 7.27. The van der Waals surface area contributed by atoms with E-state index in [1.54, 1.807) is 24.3 Å². The third-order valence-electron chi connectivity index (χ3n) is 2.46. The van der Waals surface area contributed by atoms with Crippen LogP contribution >= 0.6 is 27.5 Å². The Kier molecular flexibility index (Phi) is 5.78. The van der Waals surface area contributed by atoms with Gasteiger partial charge in [-0.25, -0.2) is 5.43 Å². The SMILES string of the molecule is O=C(COc1cccc(Br)c1)N/N=C\c1ccccc1Cl. The molecule has 0 aliphatic carbocycles. The number of hydrazone groups is 1. The molecule has 0 unspecified atom stereocenters. The zero-order chi connectivity index (χ0) is 15.1. The summed E-state index contributed by atoms with van der Waals surface area (Å²) in [6.45, 7) is -0.115. The molecule has 0 fully saturated rings. The monoisotopic (exact) mass is 366 g/mol. The van der Waals surface area contributed by atoms with Crippen LogP contribution in [0.4, 0.5) is 0 Å². The fraction of sp³-hybridized carbons (Fsp3) is 0.0667. The largest absolute Gasteiger partial charge is 0.484 e. The molecule has 0 saturated heterocycles. The number of rotatable bonds is 5. The molecule has 2 aromatic rings. The summed E-state index contributed by atoms with van der Waals surface area (Å²) in [7, 11) is 0. The van der Waals surface area contributed by atoms with E-state index in [-0.39, 0.29) is 12.5 Å². The number of halogens is 2. The lowest BCUT2D eigenvalue weighted by atomic mass is 10.2. The topological polar surface area (TPSA) is 50.7 Å². The molecule has 0 saturated carbocycles. The molecule has 108 valence electrons. The normalized spacial score (nSPS) is 10.6. The van der Waals surface area contributed by atoms with Crippen LogP contribution in [-0.4, -0.2) is 18.7 Å². The number of carbonyl (C=O) groups is 1. The molecule has 0 aliphatic rings. The molecule has 0 radical (unpaired) electrons. The van der Waals surface area contributed by atoms with E-state index in [4.69, 9.17) is 16.3 Å². The molecule has 0 aliphatic heterocycles. The number of amides is 1. The molecule has 21 heavy (non-hydrogen) atoms. The number of hydrogen-bond acceptors (Lipinski definition) is 3. The van der Waals surface area contributed by atoms with Crippen molar-refractivity contribution in [2.75, 3.05) is 6.61 Å². The molecule has 0 aromatic heterocycles. The number of ether oxygens (including phenoxy) is 1. The predicted molar refractivity (Wildman–Crippen MR) is 86.8 cm³/mol. The lowest BCUT2D eigenvalue weighted by Crippen LogP contribution is -2.24. The highest BCUT2D eigenvalue weighted by molar-refractivity contribution is 9.10. The molecule has 2 aromatic carbocycles. The standard InChI is InChI=1S/C15H12BrClN2O2/c16-12-5-3-6-13(8-12)21-10-15(20)19-18-9-11-4-1-2-7-14(11)17/h1-9H,10H2,(H,19,20)/b18-9-. The van der Waals surface area contributed by atoms with E-state index in [0.717, 1.165) is 10.0 Å². The quantitative estimate of drug-likeness (QED) is 0.648. The van der Waals surface area contributed by atoms with Gasteiger partial charge in [-0.3, -0.25) is 4.79 Å². The summed E-state index contributed by atoms with van der Waals surface area (Å²) in [6, 6.07) is 14.5. The minimum atomic E-state index is -0.349. The molecule has 1 amide bonds. The van der Waals surface area contributed by atoms with Gasteiger partial charge in [-0.15, -0.1) is 0 Å². The minimum absolute atomic E-state index is 0.115. The summed E-state index contributed by atoms with van der Waals surface area (Å²) in [6.07, 6.45) is 1.49. The Balaban J connectivity index is 1.81. The van der Waals surface area contributed by atoms with Gasteiger partial charge in [0.1, 0.15) is 5.75 Å². The summed E-state index contributed by atoms with van der Waals surface area (Å²) in [5.41, 5.74) is 3.11. The van der Waals surface area contributed by atoms with Gasteiger partial charge in [-0.2, -0.15) is 5.10 Å². The zero-order valence-corrected chi connectivity index (χ0v) is 13.3. The molecule has 2 rings (SSSR count). The van der Waals surface area contributed by atoms with Gasteiger partial charge in [0.25, 0.3) is 5.91 Å². The summed E-state index contributed by atoms with van der Waals surface area (Å²) in [4.78, 5) is 11.6. The molecule has 0 atom stereocenters. The van der Waals surface area contributed by atoms with Gasteiger partial charge in [0.15, 0.2) is 6.61 Å². The Morgan fingerprint density at radius 1 is 1.29 bits per heavy atom. The van der Waals surface area contributed by atoms with Crippen molar-refractivity contribution >= 4 is 39.7 Å². The Morgan fingerprint density at radius 3 is 2.86 bits per heavy atom. The second-order valence-corrected chi connectivity index (χ2v) is 5.38. The molecule has 0 heterocycles. The Hall–Kier alpha value is -1.85. The lowest BCUT2D eigenvalue weighted by Gasteiger charge is -2.05. The van der Waals surface area contributed by atoms with Crippen LogP contribution in [0.15, 0.2) is 58.1 Å². The fourth-order valence-corrected chi connectivity index (χ4v) is 2.05. The van der Waals surface area contributed by atoms with Crippen molar-refractivity contribution in [3.05, 3.63) is 63.6 Å². The van der Waals surface area contributed by atoms with Crippen LogP contribution in [0.2, 0.25) is 5.02 Å². The van der Waals surface area contributed by atoms with Crippen molar-refractivity contribution in [3.63, 3.8) is 0 Å². The first kappa shape index (κ1) is 15.5. The highest BCUT2D eigenvalue weighted by atomic mass is 79.9. The third kappa shape index (κ3) is 5.21. The van der Waals surface area contributed by atoms with E-state index in [1.165, 1.54) is 6.21 Å². The zero-order valence-electron chi connectivity index (χ0n) is 10.9. The van der Waals surface area contributed by atoms with Gasteiger partial charge in [-0.05, 0) is 24.3 Å². The first-order chi connectivity index (χ1) is 10.1. The van der Waals surface area contributed by atoms with Crippen LogP contribution in [0.5, 0.6) is 5.75 Å². The summed E-state index contributed by atoms with van der Waals surface area (Å²) < 4.78 is 6.22. The third-order valence-corrected chi connectivity index (χ3v) is 3.30. The van der Waals surface area contributed by atoms with E-state index >= 15 is 0 Å². The van der Waals surface area contributed by atoms with Crippen molar-refractivity contribution in [1.82, 2.24) is 5.43 Å².